The highest BCUT2D eigenvalue weighted by atomic mass is 35.5. The molecule has 4 aliphatic carbocycles. The van der Waals surface area contributed by atoms with Crippen LogP contribution in [0.4, 0.5) is 32.3 Å². The number of nitrogens with one attached hydrogen (secondary N) is 1. The standard InChI is InChI=1S/C22H22ClF2N5O2.C11H13ClFNO.C11H9ClFNO.C11H11ClFN.C8H5ClFN.C3H5ClO.ClH/c1-31-20-5-3-16(10-26-20)30-19(12-32-7-6-24)27-28-21(30)29-11-14-9-22(14,13-29)17-4-2-15(25)8-18(17)23;2*12-10-3-8(13)1-2-9(10)11(6-14)4-7(11)5-15;12-10-3-8(13)1-2-9(10)11-4-7(11)5-14-6-11;9-8-5-7(10)2-1-6(8)3-4-11;4-1-3-2-5-3;/h2-5,8,10,14H,6-7,9,11-13H2,1H3;1-3,7,15H,4-6,14H2;1-3,7,15H,4-5H2;1-3,7,14H,4-6H2;1-2,5H,3H2;3H,1-2H2;1H/t14-,22-;2*7?,11-;7-,11-;;3-;/m0000.0./s1. The van der Waals surface area contributed by atoms with Crippen LogP contribution in [-0.2, 0) is 44.2 Å². The fourth-order valence-corrected chi connectivity index (χ4v) is 14.2. The van der Waals surface area contributed by atoms with Crippen molar-refractivity contribution in [2.75, 3.05) is 83.7 Å². The number of aliphatic hydroxyl groups is 2. The Morgan fingerprint density at radius 2 is 1.28 bits per heavy atom. The third-order valence-corrected chi connectivity index (χ3v) is 19.8. The number of epoxide rings is 1. The maximum atomic E-state index is 13.6. The van der Waals surface area contributed by atoms with Gasteiger partial charge >= 0.3 is 0 Å². The van der Waals surface area contributed by atoms with Gasteiger partial charge in [-0.1, -0.05) is 88.3 Å². The fraction of sp³-hybridized carbons (Fsp3) is 0.409. The number of pyridine rings is 1. The zero-order valence-corrected chi connectivity index (χ0v) is 55.4. The lowest BCUT2D eigenvalue weighted by molar-refractivity contribution is 0.101. The van der Waals surface area contributed by atoms with Crippen LogP contribution in [0.2, 0.25) is 25.1 Å². The number of nitriles is 2. The van der Waals surface area contributed by atoms with E-state index in [1.54, 1.807) is 31.5 Å². The monoisotopic (exact) mass is 1420 g/mol. The SMILES string of the molecule is COc1ccc(-n2c(COCCF)nnc2N2C[C@@H]3C[C@]3(c3ccc(F)cc3Cl)C2)cn1.Cl.ClC[C@H]1CO1.Fc1ccc([C@@]23CNC[C@@H]2C3)c(Cl)c1.N#CCc1ccc(F)cc1Cl.N#C[C@@]1(c2ccc(F)cc2Cl)CC1CO.NC[C@@]1(c2ccc(F)cc2Cl)CC1CO. The van der Waals surface area contributed by atoms with Crippen LogP contribution in [0.3, 0.4) is 0 Å². The summed E-state index contributed by atoms with van der Waals surface area (Å²) in [6, 6.07) is 29.4. The van der Waals surface area contributed by atoms with Crippen LogP contribution in [0.1, 0.15) is 59.3 Å². The van der Waals surface area contributed by atoms with Gasteiger partial charge in [-0.15, -0.1) is 34.2 Å². The van der Waals surface area contributed by atoms with Gasteiger partial charge in [0.05, 0.1) is 68.2 Å². The molecule has 0 radical (unpaired) electrons. The fourth-order valence-electron chi connectivity index (χ4n) is 12.4. The van der Waals surface area contributed by atoms with Crippen molar-refractivity contribution in [3.05, 3.63) is 197 Å². The average molecular weight is 1430 g/mol. The molecule has 9 atom stereocenters. The van der Waals surface area contributed by atoms with Crippen LogP contribution in [0.5, 0.6) is 5.88 Å². The largest absolute Gasteiger partial charge is 0.481 e. The van der Waals surface area contributed by atoms with E-state index in [1.807, 2.05) is 22.8 Å². The molecule has 5 N–H and O–H groups in total. The molecule has 93 heavy (non-hydrogen) atoms. The van der Waals surface area contributed by atoms with Gasteiger partial charge in [0.25, 0.3) is 0 Å². The number of fused-ring (bicyclic) bond motifs is 2. The summed E-state index contributed by atoms with van der Waals surface area (Å²) >= 11 is 35.2. The smallest absolute Gasteiger partial charge is 0.232 e. The van der Waals surface area contributed by atoms with Gasteiger partial charge in [-0.3, -0.25) is 4.57 Å². The van der Waals surface area contributed by atoms with Gasteiger partial charge in [-0.25, -0.2) is 31.3 Å². The Balaban J connectivity index is 0.000000155. The minimum Gasteiger partial charge on any atom is -0.481 e. The summed E-state index contributed by atoms with van der Waals surface area (Å²) in [5.74, 6) is 1.82. The van der Waals surface area contributed by atoms with Crippen molar-refractivity contribution in [3.63, 3.8) is 0 Å². The van der Waals surface area contributed by atoms with E-state index in [4.69, 9.17) is 110 Å². The Morgan fingerprint density at radius 1 is 0.720 bits per heavy atom. The minimum absolute atomic E-state index is 0. The number of aliphatic hydroxyl groups excluding tert-OH is 2. The third-order valence-electron chi connectivity index (χ3n) is 17.9. The van der Waals surface area contributed by atoms with Gasteiger partial charge in [-0.2, -0.15) is 10.5 Å². The first kappa shape index (κ1) is 73.2. The molecule has 14 nitrogen and oxygen atoms in total. The number of aromatic nitrogens is 4. The normalized spacial score (nSPS) is 24.8. The number of hydrogen-bond acceptors (Lipinski definition) is 13. The van der Waals surface area contributed by atoms with E-state index >= 15 is 0 Å². The summed E-state index contributed by atoms with van der Waals surface area (Å²) in [5, 5.41) is 49.6. The van der Waals surface area contributed by atoms with Crippen LogP contribution < -0.4 is 20.7 Å². The van der Waals surface area contributed by atoms with Gasteiger partial charge in [0, 0.05) is 92.7 Å². The first-order chi connectivity index (χ1) is 44.2. The number of anilines is 1. The van der Waals surface area contributed by atoms with Crippen molar-refractivity contribution >= 4 is 88.0 Å². The van der Waals surface area contributed by atoms with Crippen LogP contribution in [0.15, 0.2) is 109 Å². The van der Waals surface area contributed by atoms with Crippen molar-refractivity contribution < 1.29 is 50.8 Å². The molecule has 27 heteroatoms. The lowest BCUT2D eigenvalue weighted by atomic mass is 9.93. The highest BCUT2D eigenvalue weighted by molar-refractivity contribution is 6.33. The average Bonchev–Trinajstić information content (AvgIpc) is 1.55. The van der Waals surface area contributed by atoms with Gasteiger partial charge in [0.15, 0.2) is 5.82 Å². The van der Waals surface area contributed by atoms with Crippen molar-refractivity contribution in [2.24, 2.45) is 29.4 Å². The van der Waals surface area contributed by atoms with Crippen LogP contribution >= 0.6 is 82.0 Å². The number of hydrogen-bond donors (Lipinski definition) is 4. The summed E-state index contributed by atoms with van der Waals surface area (Å²) < 4.78 is 94.2. The number of nitrogens with two attached hydrogens (primary N) is 1. The van der Waals surface area contributed by atoms with Crippen LogP contribution in [-0.4, -0.2) is 115 Å². The topological polar surface area (TPSA) is 204 Å². The van der Waals surface area contributed by atoms with Gasteiger partial charge in [0.1, 0.15) is 42.4 Å². The van der Waals surface area contributed by atoms with E-state index in [0.29, 0.717) is 92.2 Å². The number of nitrogens with zero attached hydrogens (tertiary/aromatic N) is 7. The Bertz CT molecular complexity index is 3820. The van der Waals surface area contributed by atoms with E-state index in [2.05, 4.69) is 31.5 Å². The Morgan fingerprint density at radius 3 is 1.71 bits per heavy atom. The number of ether oxygens (including phenoxy) is 3. The van der Waals surface area contributed by atoms with E-state index < -0.39 is 17.9 Å². The third kappa shape index (κ3) is 16.8. The maximum Gasteiger partial charge on any atom is 0.232 e. The van der Waals surface area contributed by atoms with Gasteiger partial charge in [-0.05, 0) is 145 Å². The maximum absolute atomic E-state index is 13.6. The molecule has 0 bridgehead atoms. The highest BCUT2D eigenvalue weighted by Crippen LogP contribution is 2.62. The molecule has 3 aliphatic heterocycles. The van der Waals surface area contributed by atoms with E-state index in [-0.39, 0.29) is 102 Å². The number of halogens is 13. The molecule has 7 aliphatic rings. The van der Waals surface area contributed by atoms with E-state index in [9.17, 15) is 26.3 Å². The molecule has 3 saturated heterocycles. The molecule has 496 valence electrons. The zero-order valence-electron chi connectivity index (χ0n) is 50.1. The highest BCUT2D eigenvalue weighted by Gasteiger charge is 2.63. The molecule has 0 amide bonds. The van der Waals surface area contributed by atoms with Crippen molar-refractivity contribution in [2.45, 2.75) is 66.5 Å². The summed E-state index contributed by atoms with van der Waals surface area (Å²) in [6.07, 6.45) is 5.91. The number of alkyl halides is 2. The molecule has 4 saturated carbocycles. The van der Waals surface area contributed by atoms with Gasteiger partial charge < -0.3 is 40.4 Å². The second-order valence-corrected chi connectivity index (χ2v) is 25.8. The van der Waals surface area contributed by atoms with Crippen LogP contribution in [0.25, 0.3) is 5.69 Å². The molecule has 2 aromatic heterocycles. The summed E-state index contributed by atoms with van der Waals surface area (Å²) in [6.45, 7) is 4.45. The molecule has 5 heterocycles. The Kier molecular flexibility index (Phi) is 25.1. The second-order valence-electron chi connectivity index (χ2n) is 23.5. The Hall–Kier alpha value is -5.66. The molecule has 7 fully saturated rings. The molecule has 5 aromatic carbocycles. The quantitative estimate of drug-likeness (QED) is 0.0308. The van der Waals surface area contributed by atoms with E-state index in [0.717, 1.165) is 61.5 Å². The lowest BCUT2D eigenvalue weighted by Gasteiger charge is -2.23. The van der Waals surface area contributed by atoms with Crippen LogP contribution in [0, 0.1) is 75.4 Å². The first-order valence-electron chi connectivity index (χ1n) is 29.4. The number of methoxy groups -OCH3 is 1. The van der Waals surface area contributed by atoms with Crippen molar-refractivity contribution in [1.82, 2.24) is 25.1 Å². The van der Waals surface area contributed by atoms with Gasteiger partial charge in [0.2, 0.25) is 11.8 Å². The molecule has 0 spiro atoms. The summed E-state index contributed by atoms with van der Waals surface area (Å²) in [7, 11) is 1.55. The molecular weight excluding hydrogens is 1360 g/mol. The molecule has 7 aromatic rings. The Labute approximate surface area is 571 Å². The predicted octanol–water partition coefficient (Wildman–Crippen LogP) is 13.6. The van der Waals surface area contributed by atoms with Crippen molar-refractivity contribution in [3.8, 4) is 23.7 Å². The molecule has 14 rings (SSSR count). The lowest BCUT2D eigenvalue weighted by Crippen LogP contribution is -2.29. The number of benzene rings is 5. The first-order valence-corrected chi connectivity index (χ1v) is 31.8. The number of rotatable bonds is 16. The summed E-state index contributed by atoms with van der Waals surface area (Å²) in [5.41, 5.74) is 9.84. The molecular formula is C66H66Cl7F6N9O5. The second kappa shape index (κ2) is 31.9. The molecule has 2 unspecified atom stereocenters. The summed E-state index contributed by atoms with van der Waals surface area (Å²) in [4.78, 5) is 6.45. The predicted molar refractivity (Wildman–Crippen MR) is 348 cm³/mol. The minimum atomic E-state index is -0.709. The zero-order chi connectivity index (χ0) is 66.1. The van der Waals surface area contributed by atoms with Crippen molar-refractivity contribution in [1.29, 1.82) is 10.5 Å². The number of piperidine rings is 2. The van der Waals surface area contributed by atoms with E-state index in [1.165, 1.54) is 79.2 Å².